The molecule has 4 aromatic rings. The number of thiophene rings is 1. The van der Waals surface area contributed by atoms with Crippen molar-refractivity contribution in [3.05, 3.63) is 46.0 Å². The van der Waals surface area contributed by atoms with Crippen LogP contribution in [0, 0.1) is 17.1 Å². The summed E-state index contributed by atoms with van der Waals surface area (Å²) in [5.74, 6) is 0.0919. The Morgan fingerprint density at radius 2 is 1.98 bits per heavy atom. The molecule has 218 valence electrons. The molecule has 0 aliphatic carbocycles. The quantitative estimate of drug-likeness (QED) is 0.292. The number of nitrogens with zero attached hydrogens (tertiary/aromatic N) is 5. The summed E-state index contributed by atoms with van der Waals surface area (Å²) in [6.45, 7) is 3.43. The van der Waals surface area contributed by atoms with Crippen LogP contribution in [0.1, 0.15) is 37.7 Å². The summed E-state index contributed by atoms with van der Waals surface area (Å²) >= 11 is 8.17. The molecule has 4 atom stereocenters. The number of benzene rings is 2. The van der Waals surface area contributed by atoms with Gasteiger partial charge in [0.25, 0.3) is 0 Å². The van der Waals surface area contributed by atoms with Gasteiger partial charge in [0.2, 0.25) is 0 Å². The Kier molecular flexibility index (Phi) is 7.39. The van der Waals surface area contributed by atoms with E-state index in [-0.39, 0.29) is 22.1 Å². The van der Waals surface area contributed by atoms with Gasteiger partial charge in [0.05, 0.1) is 17.7 Å². The zero-order valence-corrected chi connectivity index (χ0v) is 24.8. The Morgan fingerprint density at radius 3 is 2.71 bits per heavy atom. The highest BCUT2D eigenvalue weighted by atomic mass is 35.5. The Morgan fingerprint density at radius 1 is 1.17 bits per heavy atom. The van der Waals surface area contributed by atoms with E-state index in [0.29, 0.717) is 52.4 Å². The molecule has 2 aromatic carbocycles. The molecule has 6 heterocycles. The average molecular weight is 609 g/mol. The van der Waals surface area contributed by atoms with E-state index < -0.39 is 12.0 Å². The Labute approximate surface area is 252 Å². The zero-order valence-electron chi connectivity index (χ0n) is 23.2. The predicted molar refractivity (Wildman–Crippen MR) is 163 cm³/mol. The molecule has 8 rings (SSSR count). The molecule has 4 aliphatic rings. The van der Waals surface area contributed by atoms with Gasteiger partial charge < -0.3 is 15.0 Å². The van der Waals surface area contributed by atoms with Gasteiger partial charge in [-0.3, -0.25) is 4.90 Å². The second kappa shape index (κ2) is 11.2. The van der Waals surface area contributed by atoms with Gasteiger partial charge in [-0.1, -0.05) is 23.7 Å². The predicted octanol–water partition coefficient (Wildman–Crippen LogP) is 6.32. The van der Waals surface area contributed by atoms with E-state index in [9.17, 15) is 9.65 Å². The molecule has 2 bridgehead atoms. The number of alkyl halides is 1. The first-order valence-corrected chi connectivity index (χ1v) is 15.7. The van der Waals surface area contributed by atoms with Crippen LogP contribution in [0.15, 0.2) is 29.6 Å². The Hall–Kier alpha value is -3.10. The van der Waals surface area contributed by atoms with Crippen molar-refractivity contribution in [2.24, 2.45) is 0 Å². The van der Waals surface area contributed by atoms with Crippen LogP contribution >= 0.6 is 22.9 Å². The highest BCUT2D eigenvalue weighted by molar-refractivity contribution is 7.17. The Balaban J connectivity index is 0.000000272. The van der Waals surface area contributed by atoms with Gasteiger partial charge in [-0.2, -0.15) is 15.2 Å². The average Bonchev–Trinajstić information content (AvgIpc) is 3.77. The van der Waals surface area contributed by atoms with E-state index in [1.54, 1.807) is 17.5 Å². The molecule has 4 fully saturated rings. The number of halogens is 3. The first kappa shape index (κ1) is 27.7. The van der Waals surface area contributed by atoms with Crippen molar-refractivity contribution >= 4 is 49.7 Å². The lowest BCUT2D eigenvalue weighted by Crippen LogP contribution is -2.51. The Bertz CT molecular complexity index is 1680. The lowest BCUT2D eigenvalue weighted by atomic mass is 9.97. The van der Waals surface area contributed by atoms with Gasteiger partial charge in [0, 0.05) is 64.2 Å². The van der Waals surface area contributed by atoms with Crippen molar-refractivity contribution in [3.8, 4) is 23.2 Å². The summed E-state index contributed by atoms with van der Waals surface area (Å²) in [4.78, 5) is 13.4. The van der Waals surface area contributed by atoms with Gasteiger partial charge in [0.1, 0.15) is 23.6 Å². The van der Waals surface area contributed by atoms with Crippen molar-refractivity contribution in [2.75, 3.05) is 38.2 Å². The molecule has 0 saturated carbocycles. The third-order valence-electron chi connectivity index (χ3n) is 8.99. The lowest BCUT2D eigenvalue weighted by molar-refractivity contribution is 0.292. The van der Waals surface area contributed by atoms with Gasteiger partial charge in [0.15, 0.2) is 5.82 Å². The number of anilines is 1. The van der Waals surface area contributed by atoms with Crippen LogP contribution in [0.2, 0.25) is 5.02 Å². The van der Waals surface area contributed by atoms with Crippen molar-refractivity contribution in [1.29, 1.82) is 5.26 Å². The van der Waals surface area contributed by atoms with Crippen molar-refractivity contribution in [3.63, 3.8) is 0 Å². The number of hydrogen-bond donors (Lipinski definition) is 1. The lowest BCUT2D eigenvalue weighted by Gasteiger charge is -2.34. The van der Waals surface area contributed by atoms with E-state index in [2.05, 4.69) is 31.2 Å². The normalized spacial score (nSPS) is 25.0. The SMILES string of the molecule is COc1nc(N2CC3CCC(C2)N3)c2cc(Cl)c(-c3cccc4scc(C#N)c34)c(F)c2n1.FC1CC2CCCN2C1. The monoisotopic (exact) mass is 608 g/mol. The number of nitrogens with one attached hydrogen (secondary N) is 1. The third-order valence-corrected chi connectivity index (χ3v) is 10.2. The summed E-state index contributed by atoms with van der Waals surface area (Å²) in [5, 5.41) is 16.5. The second-order valence-electron chi connectivity index (χ2n) is 11.6. The van der Waals surface area contributed by atoms with Gasteiger partial charge in [-0.05, 0) is 56.3 Å². The number of nitriles is 1. The van der Waals surface area contributed by atoms with Crippen LogP contribution in [-0.4, -0.2) is 72.5 Å². The van der Waals surface area contributed by atoms with Gasteiger partial charge in [-0.15, -0.1) is 11.3 Å². The van der Waals surface area contributed by atoms with E-state index >= 15 is 4.39 Å². The van der Waals surface area contributed by atoms with E-state index in [1.165, 1.54) is 31.3 Å². The largest absolute Gasteiger partial charge is 0.467 e. The first-order chi connectivity index (χ1) is 20.4. The molecule has 4 unspecified atom stereocenters. The molecule has 4 aliphatic heterocycles. The molecule has 42 heavy (non-hydrogen) atoms. The van der Waals surface area contributed by atoms with Crippen LogP contribution in [0.3, 0.4) is 0 Å². The van der Waals surface area contributed by atoms with Gasteiger partial charge in [-0.25, -0.2) is 8.78 Å². The number of aromatic nitrogens is 2. The smallest absolute Gasteiger partial charge is 0.318 e. The van der Waals surface area contributed by atoms with Crippen molar-refractivity contribution in [1.82, 2.24) is 20.2 Å². The van der Waals surface area contributed by atoms with Crippen LogP contribution in [-0.2, 0) is 0 Å². The number of piperazine rings is 1. The molecule has 2 aromatic heterocycles. The second-order valence-corrected chi connectivity index (χ2v) is 12.9. The zero-order chi connectivity index (χ0) is 29.0. The summed E-state index contributed by atoms with van der Waals surface area (Å²) in [6.07, 6.45) is 5.05. The number of rotatable bonds is 3. The minimum atomic E-state index is -0.542. The topological polar surface area (TPSA) is 77.3 Å². The number of hydrogen-bond acceptors (Lipinski definition) is 8. The highest BCUT2D eigenvalue weighted by Crippen LogP contribution is 2.43. The molecular formula is C31H31ClF2N6OS. The maximum Gasteiger partial charge on any atom is 0.318 e. The van der Waals surface area contributed by atoms with Crippen molar-refractivity contribution < 1.29 is 13.5 Å². The number of methoxy groups -OCH3 is 1. The minimum absolute atomic E-state index is 0.113. The van der Waals surface area contributed by atoms with Crippen LogP contribution in [0.25, 0.3) is 32.1 Å². The first-order valence-electron chi connectivity index (χ1n) is 14.5. The van der Waals surface area contributed by atoms with E-state index in [0.717, 1.165) is 43.6 Å². The molecule has 0 amide bonds. The maximum atomic E-state index is 16.2. The molecule has 4 saturated heterocycles. The fraction of sp³-hybridized carbons (Fsp3) is 0.452. The summed E-state index contributed by atoms with van der Waals surface area (Å²) in [6, 6.07) is 11.0. The molecular weight excluding hydrogens is 578 g/mol. The molecule has 0 spiro atoms. The molecule has 1 N–H and O–H groups in total. The summed E-state index contributed by atoms with van der Waals surface area (Å²) in [7, 11) is 1.48. The highest BCUT2D eigenvalue weighted by Gasteiger charge is 2.35. The fourth-order valence-electron chi connectivity index (χ4n) is 7.11. The molecule has 7 nitrogen and oxygen atoms in total. The van der Waals surface area contributed by atoms with Crippen LogP contribution < -0.4 is 15.0 Å². The maximum absolute atomic E-state index is 16.2. The van der Waals surface area contributed by atoms with E-state index in [1.807, 2.05) is 12.1 Å². The van der Waals surface area contributed by atoms with Crippen molar-refractivity contribution in [2.45, 2.75) is 56.4 Å². The number of ether oxygens (including phenoxy) is 1. The summed E-state index contributed by atoms with van der Waals surface area (Å²) < 4.78 is 35.0. The number of fused-ring (bicyclic) bond motifs is 5. The standard InChI is InChI=1S/C24H19ClFN5OS.C7H12FN/c1-32-24-29-22-16(23(30-24)31-9-13-5-6-14(10-31)28-13)7-17(25)20(21(22)26)15-3-2-4-18-19(15)12(8-27)11-33-18;8-6-4-7-2-1-3-9(7)5-6/h2-4,7,11,13-14,28H,5-6,9-10H2,1H3;6-7H,1-5H2. The minimum Gasteiger partial charge on any atom is -0.467 e. The fourth-order valence-corrected chi connectivity index (χ4v) is 8.32. The van der Waals surface area contributed by atoms with Crippen LogP contribution in [0.4, 0.5) is 14.6 Å². The van der Waals surface area contributed by atoms with E-state index in [4.69, 9.17) is 16.3 Å². The molecule has 11 heteroatoms. The van der Waals surface area contributed by atoms with Gasteiger partial charge >= 0.3 is 6.01 Å². The summed E-state index contributed by atoms with van der Waals surface area (Å²) in [5.41, 5.74) is 1.47. The van der Waals surface area contributed by atoms with Crippen LogP contribution in [0.5, 0.6) is 6.01 Å². The third kappa shape index (κ3) is 4.86. The molecule has 0 radical (unpaired) electrons.